The van der Waals surface area contributed by atoms with Gasteiger partial charge < -0.3 is 29.0 Å². The van der Waals surface area contributed by atoms with Crippen molar-refractivity contribution in [2.75, 3.05) is 24.9 Å². The molecular weight excluding hydrogens is 431 g/mol. The van der Waals surface area contributed by atoms with Crippen molar-refractivity contribution < 1.29 is 38.6 Å². The van der Waals surface area contributed by atoms with Crippen LogP contribution in [0.2, 0.25) is 0 Å². The number of hydrogen-bond donors (Lipinski definition) is 4. The van der Waals surface area contributed by atoms with Gasteiger partial charge in [-0.25, -0.2) is 9.59 Å². The first-order valence-electron chi connectivity index (χ1n) is 9.63. The molecule has 3 rings (SSSR count). The van der Waals surface area contributed by atoms with Crippen molar-refractivity contribution in [2.24, 2.45) is 0 Å². The fourth-order valence-corrected chi connectivity index (χ4v) is 2.73. The minimum Gasteiger partial charge on any atom is -0.497 e. The molecule has 0 heterocycles. The van der Waals surface area contributed by atoms with Crippen molar-refractivity contribution >= 4 is 36.1 Å². The Morgan fingerprint density at radius 3 is 1.36 bits per heavy atom. The molecular formula is C22H21BN2O8. The summed E-state index contributed by atoms with van der Waals surface area (Å²) in [6.07, 6.45) is -1.65. The summed E-state index contributed by atoms with van der Waals surface area (Å²) in [4.78, 5) is 24.5. The third-order valence-electron chi connectivity index (χ3n) is 4.29. The second-order valence-corrected chi connectivity index (χ2v) is 6.60. The second kappa shape index (κ2) is 10.9. The van der Waals surface area contributed by atoms with Crippen LogP contribution in [0.4, 0.5) is 21.0 Å². The summed E-state index contributed by atoms with van der Waals surface area (Å²) in [5, 5.41) is 24.0. The van der Waals surface area contributed by atoms with Crippen molar-refractivity contribution in [1.82, 2.24) is 0 Å². The minimum absolute atomic E-state index is 0.0250. The van der Waals surface area contributed by atoms with E-state index in [9.17, 15) is 19.6 Å². The number of carbonyl (C=O) groups excluding carboxylic acids is 2. The van der Waals surface area contributed by atoms with Crippen molar-refractivity contribution in [3.63, 3.8) is 0 Å². The van der Waals surface area contributed by atoms with Gasteiger partial charge in [0.15, 0.2) is 0 Å². The van der Waals surface area contributed by atoms with Crippen LogP contribution in [0, 0.1) is 0 Å². The monoisotopic (exact) mass is 452 g/mol. The highest BCUT2D eigenvalue weighted by molar-refractivity contribution is 6.59. The second-order valence-electron chi connectivity index (χ2n) is 6.60. The van der Waals surface area contributed by atoms with Gasteiger partial charge in [0.1, 0.15) is 23.0 Å². The summed E-state index contributed by atoms with van der Waals surface area (Å²) in [6, 6.07) is 16.7. The summed E-state index contributed by atoms with van der Waals surface area (Å²) in [5.41, 5.74) is 0.328. The fraction of sp³-hybridized carbons (Fsp3) is 0.0909. The van der Waals surface area contributed by atoms with E-state index in [1.807, 2.05) is 0 Å². The molecule has 0 saturated carbocycles. The standard InChI is InChI=1S/C22H21BN2O8/c1-30-17-3-7-19(8-4-17)32-21(26)24-15-11-14(23(28)29)12-16(13-15)25-22(27)33-20-9-5-18(31-2)6-10-20/h3-13,28-29H,1-2H3,(H,24,26)(H,25,27). The Kier molecular flexibility index (Phi) is 7.74. The van der Waals surface area contributed by atoms with E-state index in [4.69, 9.17) is 18.9 Å². The number of hydrogen-bond acceptors (Lipinski definition) is 8. The lowest BCUT2D eigenvalue weighted by molar-refractivity contribution is 0.214. The van der Waals surface area contributed by atoms with E-state index in [1.165, 1.54) is 32.4 Å². The van der Waals surface area contributed by atoms with Gasteiger partial charge in [-0.05, 0) is 72.2 Å². The number of ether oxygens (including phenoxy) is 4. The average Bonchev–Trinajstić information content (AvgIpc) is 2.79. The van der Waals surface area contributed by atoms with Gasteiger partial charge in [0.05, 0.1) is 14.2 Å². The van der Waals surface area contributed by atoms with Gasteiger partial charge in [-0.2, -0.15) is 0 Å². The molecule has 0 radical (unpaired) electrons. The predicted octanol–water partition coefficient (Wildman–Crippen LogP) is 2.61. The normalized spacial score (nSPS) is 10.1. The van der Waals surface area contributed by atoms with Gasteiger partial charge in [0.25, 0.3) is 0 Å². The molecule has 3 aromatic carbocycles. The summed E-state index contributed by atoms with van der Waals surface area (Å²) in [5.74, 6) is 1.75. The quantitative estimate of drug-likeness (QED) is 0.402. The van der Waals surface area contributed by atoms with Crippen LogP contribution in [0.3, 0.4) is 0 Å². The molecule has 11 heteroatoms. The maximum atomic E-state index is 12.2. The molecule has 0 aliphatic rings. The molecule has 0 aliphatic carbocycles. The third kappa shape index (κ3) is 6.89. The number of nitrogens with one attached hydrogen (secondary N) is 2. The number of anilines is 2. The molecule has 0 aromatic heterocycles. The van der Waals surface area contributed by atoms with Gasteiger partial charge in [-0.3, -0.25) is 10.6 Å². The highest BCUT2D eigenvalue weighted by Gasteiger charge is 2.16. The lowest BCUT2D eigenvalue weighted by Crippen LogP contribution is -2.31. The summed E-state index contributed by atoms with van der Waals surface area (Å²) in [7, 11) is 1.19. The van der Waals surface area contributed by atoms with Crippen LogP contribution in [-0.2, 0) is 0 Å². The molecule has 0 bridgehead atoms. The molecule has 0 saturated heterocycles. The first-order chi connectivity index (χ1) is 15.9. The molecule has 0 aliphatic heterocycles. The van der Waals surface area contributed by atoms with E-state index in [2.05, 4.69) is 10.6 Å². The van der Waals surface area contributed by atoms with Crippen LogP contribution in [0.25, 0.3) is 0 Å². The van der Waals surface area contributed by atoms with E-state index in [0.29, 0.717) is 11.5 Å². The molecule has 4 N–H and O–H groups in total. The molecule has 0 fully saturated rings. The lowest BCUT2D eigenvalue weighted by Gasteiger charge is -2.12. The van der Waals surface area contributed by atoms with E-state index in [1.54, 1.807) is 48.5 Å². The zero-order valence-electron chi connectivity index (χ0n) is 17.8. The Morgan fingerprint density at radius 2 is 1.03 bits per heavy atom. The number of amides is 2. The summed E-state index contributed by atoms with van der Waals surface area (Å²) in [6.45, 7) is 0. The van der Waals surface area contributed by atoms with Gasteiger partial charge in [-0.1, -0.05) is 0 Å². The van der Waals surface area contributed by atoms with Gasteiger partial charge >= 0.3 is 19.3 Å². The first kappa shape index (κ1) is 23.4. The maximum Gasteiger partial charge on any atom is 0.488 e. The smallest absolute Gasteiger partial charge is 0.488 e. The van der Waals surface area contributed by atoms with E-state index < -0.39 is 19.3 Å². The van der Waals surface area contributed by atoms with Gasteiger partial charge in [0, 0.05) is 11.4 Å². The lowest BCUT2D eigenvalue weighted by atomic mass is 9.80. The van der Waals surface area contributed by atoms with Crippen LogP contribution in [-0.4, -0.2) is 43.6 Å². The van der Waals surface area contributed by atoms with Gasteiger partial charge in [-0.15, -0.1) is 0 Å². The largest absolute Gasteiger partial charge is 0.497 e. The molecule has 33 heavy (non-hydrogen) atoms. The van der Waals surface area contributed by atoms with E-state index in [0.717, 1.165) is 0 Å². The number of rotatable bonds is 7. The van der Waals surface area contributed by atoms with Crippen LogP contribution in [0.5, 0.6) is 23.0 Å². The maximum absolute atomic E-state index is 12.2. The number of carbonyl (C=O) groups is 2. The first-order valence-corrected chi connectivity index (χ1v) is 9.63. The van der Waals surface area contributed by atoms with Crippen molar-refractivity contribution in [3.8, 4) is 23.0 Å². The summed E-state index contributed by atoms with van der Waals surface area (Å²) < 4.78 is 20.5. The van der Waals surface area contributed by atoms with E-state index in [-0.39, 0.29) is 28.3 Å². The molecule has 10 nitrogen and oxygen atoms in total. The van der Waals surface area contributed by atoms with Crippen molar-refractivity contribution in [3.05, 3.63) is 66.7 Å². The zero-order chi connectivity index (χ0) is 23.8. The Balaban J connectivity index is 1.68. The number of methoxy groups -OCH3 is 2. The topological polar surface area (TPSA) is 136 Å². The fourth-order valence-electron chi connectivity index (χ4n) is 2.73. The Labute approximate surface area is 189 Å². The van der Waals surface area contributed by atoms with Gasteiger partial charge in [0.2, 0.25) is 0 Å². The van der Waals surface area contributed by atoms with Crippen LogP contribution in [0.1, 0.15) is 0 Å². The van der Waals surface area contributed by atoms with Crippen molar-refractivity contribution in [2.45, 2.75) is 0 Å². The number of benzene rings is 3. The Hall–Kier alpha value is -4.22. The Morgan fingerprint density at radius 1 is 0.667 bits per heavy atom. The predicted molar refractivity (Wildman–Crippen MR) is 122 cm³/mol. The SMILES string of the molecule is COc1ccc(OC(=O)Nc2cc(NC(=O)Oc3ccc(OC)cc3)cc(B(O)O)c2)cc1. The van der Waals surface area contributed by atoms with Crippen LogP contribution in [0.15, 0.2) is 66.7 Å². The average molecular weight is 452 g/mol. The molecule has 0 unspecified atom stereocenters. The van der Waals surface area contributed by atoms with Crippen LogP contribution < -0.4 is 35.0 Å². The highest BCUT2D eigenvalue weighted by atomic mass is 16.6. The Bertz CT molecular complexity index is 1020. The minimum atomic E-state index is -1.84. The van der Waals surface area contributed by atoms with Crippen LogP contribution >= 0.6 is 0 Å². The molecule has 2 amide bonds. The zero-order valence-corrected chi connectivity index (χ0v) is 17.8. The molecule has 0 spiro atoms. The molecule has 3 aromatic rings. The molecule has 170 valence electrons. The van der Waals surface area contributed by atoms with E-state index >= 15 is 0 Å². The summed E-state index contributed by atoms with van der Waals surface area (Å²) >= 11 is 0. The highest BCUT2D eigenvalue weighted by Crippen LogP contribution is 2.20. The third-order valence-corrected chi connectivity index (χ3v) is 4.29. The van der Waals surface area contributed by atoms with Crippen molar-refractivity contribution in [1.29, 1.82) is 0 Å². The molecule has 0 atom stereocenters.